The van der Waals surface area contributed by atoms with E-state index in [9.17, 15) is 9.59 Å². The summed E-state index contributed by atoms with van der Waals surface area (Å²) >= 11 is 3.34. The van der Waals surface area contributed by atoms with Gasteiger partial charge in [0.25, 0.3) is 5.91 Å². The van der Waals surface area contributed by atoms with E-state index in [1.165, 1.54) is 12.3 Å². The summed E-state index contributed by atoms with van der Waals surface area (Å²) in [6, 6.07) is 1.53. The Balaban J connectivity index is 2.79. The molecule has 0 aliphatic carbocycles. The summed E-state index contributed by atoms with van der Waals surface area (Å²) in [6.07, 6.45) is 3.17. The van der Waals surface area contributed by atoms with Crippen LogP contribution in [-0.2, 0) is 0 Å². The number of carbonyl (C=O) groups is 1. The van der Waals surface area contributed by atoms with Gasteiger partial charge in [0.05, 0.1) is 0 Å². The number of nitrogens with one attached hydrogen (secondary N) is 2. The van der Waals surface area contributed by atoms with Crippen LogP contribution in [0.25, 0.3) is 0 Å². The van der Waals surface area contributed by atoms with Crippen LogP contribution in [-0.4, -0.2) is 22.3 Å². The average molecular weight is 301 g/mol. The molecule has 0 fully saturated rings. The second kappa shape index (κ2) is 6.59. The second-order valence-corrected chi connectivity index (χ2v) is 4.74. The number of aromatic amines is 1. The smallest absolute Gasteiger partial charge is 0.256 e. The fraction of sp³-hybridized carbons (Fsp3) is 0.500. The zero-order valence-electron chi connectivity index (χ0n) is 10.0. The number of halogens is 1. The molecule has 4 nitrogen and oxygen atoms in total. The van der Waals surface area contributed by atoms with E-state index in [2.05, 4.69) is 26.2 Å². The van der Waals surface area contributed by atoms with Crippen molar-refractivity contribution < 1.29 is 4.79 Å². The maximum Gasteiger partial charge on any atom is 0.256 e. The predicted octanol–water partition coefficient (Wildman–Crippen LogP) is 1.98. The first-order valence-corrected chi connectivity index (χ1v) is 6.76. The van der Waals surface area contributed by atoms with Crippen LogP contribution in [0.4, 0.5) is 0 Å². The Morgan fingerprint density at radius 3 is 2.82 bits per heavy atom. The second-order valence-electron chi connectivity index (χ2n) is 3.95. The first kappa shape index (κ1) is 14.0. The van der Waals surface area contributed by atoms with Gasteiger partial charge in [-0.25, -0.2) is 0 Å². The molecule has 0 spiro atoms. The van der Waals surface area contributed by atoms with Gasteiger partial charge < -0.3 is 10.3 Å². The Kier molecular flexibility index (Phi) is 5.41. The van der Waals surface area contributed by atoms with E-state index in [1.807, 2.05) is 6.92 Å². The highest BCUT2D eigenvalue weighted by molar-refractivity contribution is 9.09. The number of aryl methyl sites for hydroxylation is 1. The van der Waals surface area contributed by atoms with Crippen molar-refractivity contribution in [3.63, 3.8) is 0 Å². The summed E-state index contributed by atoms with van der Waals surface area (Å²) in [4.78, 5) is 26.4. The van der Waals surface area contributed by atoms with Gasteiger partial charge in [-0.15, -0.1) is 0 Å². The largest absolute Gasteiger partial charge is 0.364 e. The van der Waals surface area contributed by atoms with Gasteiger partial charge in [0.1, 0.15) is 5.56 Å². The zero-order chi connectivity index (χ0) is 12.8. The Hall–Kier alpha value is -1.10. The van der Waals surface area contributed by atoms with Crippen LogP contribution in [0.1, 0.15) is 35.8 Å². The molecule has 0 saturated heterocycles. The molecule has 94 valence electrons. The fourth-order valence-electron chi connectivity index (χ4n) is 1.52. The lowest BCUT2D eigenvalue weighted by Gasteiger charge is -2.15. The summed E-state index contributed by atoms with van der Waals surface area (Å²) in [5.74, 6) is -0.306. The Bertz CT molecular complexity index is 442. The number of pyridine rings is 1. The SMILES string of the molecule is CCC(CCBr)NC(=O)c1c[nH]c(C)cc1=O. The van der Waals surface area contributed by atoms with Gasteiger partial charge in [0.15, 0.2) is 5.43 Å². The number of hydrogen-bond donors (Lipinski definition) is 2. The van der Waals surface area contributed by atoms with Crippen molar-refractivity contribution in [1.29, 1.82) is 0 Å². The van der Waals surface area contributed by atoms with Crippen LogP contribution in [0.3, 0.4) is 0 Å². The molecule has 0 aromatic carbocycles. The van der Waals surface area contributed by atoms with Crippen LogP contribution in [0.2, 0.25) is 0 Å². The van der Waals surface area contributed by atoms with Crippen LogP contribution in [0.5, 0.6) is 0 Å². The van der Waals surface area contributed by atoms with Crippen LogP contribution >= 0.6 is 15.9 Å². The van der Waals surface area contributed by atoms with Gasteiger partial charge in [0.2, 0.25) is 0 Å². The third-order valence-electron chi connectivity index (χ3n) is 2.59. The maximum atomic E-state index is 11.9. The number of carbonyl (C=O) groups excluding carboxylic acids is 1. The van der Waals surface area contributed by atoms with E-state index in [1.54, 1.807) is 6.92 Å². The molecule has 1 aromatic rings. The van der Waals surface area contributed by atoms with Gasteiger partial charge in [0, 0.05) is 29.3 Å². The molecule has 0 aliphatic rings. The van der Waals surface area contributed by atoms with E-state index in [4.69, 9.17) is 0 Å². The van der Waals surface area contributed by atoms with Crippen LogP contribution < -0.4 is 10.7 Å². The molecule has 1 aromatic heterocycles. The lowest BCUT2D eigenvalue weighted by molar-refractivity contribution is 0.0933. The van der Waals surface area contributed by atoms with Gasteiger partial charge in [-0.2, -0.15) is 0 Å². The maximum absolute atomic E-state index is 11.9. The van der Waals surface area contributed by atoms with Gasteiger partial charge in [-0.3, -0.25) is 9.59 Å². The monoisotopic (exact) mass is 300 g/mol. The Morgan fingerprint density at radius 1 is 1.59 bits per heavy atom. The molecule has 0 saturated carbocycles. The number of aromatic nitrogens is 1. The lowest BCUT2D eigenvalue weighted by Crippen LogP contribution is -2.37. The topological polar surface area (TPSA) is 62.0 Å². The average Bonchev–Trinajstić information content (AvgIpc) is 2.28. The molecule has 2 N–H and O–H groups in total. The van der Waals surface area contributed by atoms with Gasteiger partial charge in [-0.05, 0) is 19.8 Å². The molecule has 1 amide bonds. The third-order valence-corrected chi connectivity index (χ3v) is 3.05. The minimum Gasteiger partial charge on any atom is -0.364 e. The minimum absolute atomic E-state index is 0.0996. The summed E-state index contributed by atoms with van der Waals surface area (Å²) in [5, 5.41) is 3.68. The summed E-state index contributed by atoms with van der Waals surface area (Å²) in [5.41, 5.74) is 0.676. The number of rotatable bonds is 5. The number of hydrogen-bond acceptors (Lipinski definition) is 2. The Labute approximate surface area is 109 Å². The first-order chi connectivity index (χ1) is 8.08. The minimum atomic E-state index is -0.306. The van der Waals surface area contributed by atoms with E-state index >= 15 is 0 Å². The van der Waals surface area contributed by atoms with E-state index in [-0.39, 0.29) is 22.9 Å². The molecule has 1 unspecified atom stereocenters. The molecule has 0 bridgehead atoms. The fourth-order valence-corrected chi connectivity index (χ4v) is 2.08. The lowest BCUT2D eigenvalue weighted by atomic mass is 10.1. The summed E-state index contributed by atoms with van der Waals surface area (Å²) in [6.45, 7) is 3.79. The van der Waals surface area contributed by atoms with E-state index in [0.717, 1.165) is 23.9 Å². The van der Waals surface area contributed by atoms with Crippen molar-refractivity contribution in [2.75, 3.05) is 5.33 Å². The molecular weight excluding hydrogens is 284 g/mol. The standard InChI is InChI=1S/C12H17BrN2O2/c1-3-9(4-5-13)15-12(17)10-7-14-8(2)6-11(10)16/h6-7,9H,3-5H2,1-2H3,(H,14,16)(H,15,17). The van der Waals surface area contributed by atoms with Crippen LogP contribution in [0, 0.1) is 6.92 Å². The van der Waals surface area contributed by atoms with E-state index in [0.29, 0.717) is 0 Å². The molecule has 1 rings (SSSR count). The predicted molar refractivity (Wildman–Crippen MR) is 71.8 cm³/mol. The molecule has 0 radical (unpaired) electrons. The number of H-pyrrole nitrogens is 1. The van der Waals surface area contributed by atoms with Crippen molar-refractivity contribution in [1.82, 2.24) is 10.3 Å². The quantitative estimate of drug-likeness (QED) is 0.817. The first-order valence-electron chi connectivity index (χ1n) is 5.64. The van der Waals surface area contributed by atoms with Gasteiger partial charge >= 0.3 is 0 Å². The Morgan fingerprint density at radius 2 is 2.29 bits per heavy atom. The molecule has 1 atom stereocenters. The molecule has 5 heteroatoms. The number of amides is 1. The van der Waals surface area contributed by atoms with Gasteiger partial charge in [-0.1, -0.05) is 22.9 Å². The normalized spacial score (nSPS) is 12.2. The highest BCUT2D eigenvalue weighted by Gasteiger charge is 2.14. The van der Waals surface area contributed by atoms with Crippen molar-refractivity contribution >= 4 is 21.8 Å². The molecule has 1 heterocycles. The van der Waals surface area contributed by atoms with Crippen molar-refractivity contribution in [3.05, 3.63) is 33.7 Å². The van der Waals surface area contributed by atoms with Crippen molar-refractivity contribution in [3.8, 4) is 0 Å². The molecular formula is C12H17BrN2O2. The zero-order valence-corrected chi connectivity index (χ0v) is 11.6. The van der Waals surface area contributed by atoms with Crippen molar-refractivity contribution in [2.45, 2.75) is 32.7 Å². The molecule has 0 aliphatic heterocycles. The highest BCUT2D eigenvalue weighted by Crippen LogP contribution is 2.02. The highest BCUT2D eigenvalue weighted by atomic mass is 79.9. The third kappa shape index (κ3) is 4.00. The van der Waals surface area contributed by atoms with Crippen molar-refractivity contribution in [2.24, 2.45) is 0 Å². The number of alkyl halides is 1. The van der Waals surface area contributed by atoms with E-state index < -0.39 is 0 Å². The summed E-state index contributed by atoms with van der Waals surface area (Å²) < 4.78 is 0. The summed E-state index contributed by atoms with van der Waals surface area (Å²) in [7, 11) is 0. The van der Waals surface area contributed by atoms with Crippen LogP contribution in [0.15, 0.2) is 17.1 Å². The molecule has 17 heavy (non-hydrogen) atoms.